The first-order chi connectivity index (χ1) is 10.5. The van der Waals surface area contributed by atoms with Crippen molar-refractivity contribution in [2.45, 2.75) is 32.7 Å². The Hall–Kier alpha value is -1.47. The molecule has 1 saturated heterocycles. The fourth-order valence-electron chi connectivity index (χ4n) is 2.50. The lowest BCUT2D eigenvalue weighted by atomic mass is 10.00. The third-order valence-corrected chi connectivity index (χ3v) is 5.36. The van der Waals surface area contributed by atoms with Gasteiger partial charge >= 0.3 is 0 Å². The maximum Gasteiger partial charge on any atom is 0.236 e. The van der Waals surface area contributed by atoms with Crippen LogP contribution in [0.1, 0.15) is 32.2 Å². The highest BCUT2D eigenvalue weighted by atomic mass is 32.1. The Morgan fingerprint density at radius 3 is 2.45 bits per heavy atom. The van der Waals surface area contributed by atoms with Crippen molar-refractivity contribution >= 4 is 23.2 Å². The maximum absolute atomic E-state index is 12.3. The van der Waals surface area contributed by atoms with Crippen molar-refractivity contribution in [3.63, 3.8) is 0 Å². The summed E-state index contributed by atoms with van der Waals surface area (Å²) in [6.07, 6.45) is 2.66. The molecule has 122 valence electrons. The van der Waals surface area contributed by atoms with Crippen LogP contribution in [0.2, 0.25) is 0 Å². The molecule has 1 aromatic heterocycles. The molecular formula is C15H24N4O2S. The van der Waals surface area contributed by atoms with Crippen LogP contribution in [0.25, 0.3) is 0 Å². The van der Waals surface area contributed by atoms with Crippen molar-refractivity contribution in [2.24, 2.45) is 0 Å². The Labute approximate surface area is 135 Å². The Morgan fingerprint density at radius 1 is 1.32 bits per heavy atom. The fourth-order valence-corrected chi connectivity index (χ4v) is 3.35. The highest BCUT2D eigenvalue weighted by Gasteiger charge is 2.29. The zero-order valence-corrected chi connectivity index (χ0v) is 14.3. The molecule has 2 rings (SSSR count). The summed E-state index contributed by atoms with van der Waals surface area (Å²) in [5, 5.41) is 6.31. The van der Waals surface area contributed by atoms with Crippen molar-refractivity contribution in [2.75, 3.05) is 32.7 Å². The van der Waals surface area contributed by atoms with E-state index in [0.29, 0.717) is 32.7 Å². The lowest BCUT2D eigenvalue weighted by molar-refractivity contribution is -0.138. The number of amides is 2. The normalized spacial score (nSPS) is 18.1. The molecular weight excluding hydrogens is 300 g/mol. The van der Waals surface area contributed by atoms with E-state index in [1.54, 1.807) is 29.4 Å². The summed E-state index contributed by atoms with van der Waals surface area (Å²) in [4.78, 5) is 31.6. The van der Waals surface area contributed by atoms with Crippen molar-refractivity contribution in [3.05, 3.63) is 16.6 Å². The molecule has 1 aliphatic rings. The molecule has 0 aromatic carbocycles. The first-order valence-corrected chi connectivity index (χ1v) is 8.52. The summed E-state index contributed by atoms with van der Waals surface area (Å²) in [5.41, 5.74) is -0.273. The minimum atomic E-state index is -0.273. The van der Waals surface area contributed by atoms with Crippen molar-refractivity contribution in [3.8, 4) is 0 Å². The Balaban J connectivity index is 1.86. The van der Waals surface area contributed by atoms with E-state index in [1.165, 1.54) is 0 Å². The van der Waals surface area contributed by atoms with Crippen LogP contribution >= 0.6 is 11.3 Å². The lowest BCUT2D eigenvalue weighted by Crippen LogP contribution is -2.53. The molecule has 1 fully saturated rings. The first kappa shape index (κ1) is 16.9. The molecule has 7 heteroatoms. The molecule has 0 radical (unpaired) electrons. The third kappa shape index (κ3) is 3.84. The minimum Gasteiger partial charge on any atom is -0.339 e. The molecule has 1 N–H and O–H groups in total. The van der Waals surface area contributed by atoms with Gasteiger partial charge in [-0.15, -0.1) is 11.3 Å². The van der Waals surface area contributed by atoms with E-state index in [9.17, 15) is 9.59 Å². The number of hydrogen-bond donors (Lipinski definition) is 1. The quantitative estimate of drug-likeness (QED) is 0.879. The van der Waals surface area contributed by atoms with Crippen LogP contribution in [0.15, 0.2) is 11.6 Å². The highest BCUT2D eigenvalue weighted by Crippen LogP contribution is 2.25. The second kappa shape index (κ2) is 7.19. The van der Waals surface area contributed by atoms with E-state index < -0.39 is 0 Å². The van der Waals surface area contributed by atoms with Crippen LogP contribution in [0.4, 0.5) is 0 Å². The Bertz CT molecular complexity index is 512. The van der Waals surface area contributed by atoms with E-state index in [4.69, 9.17) is 0 Å². The number of rotatable bonds is 5. The van der Waals surface area contributed by atoms with Gasteiger partial charge in [-0.3, -0.25) is 14.9 Å². The largest absolute Gasteiger partial charge is 0.339 e. The van der Waals surface area contributed by atoms with Gasteiger partial charge in [0.05, 0.1) is 12.1 Å². The molecule has 0 saturated carbocycles. The van der Waals surface area contributed by atoms with Gasteiger partial charge in [-0.1, -0.05) is 6.92 Å². The fraction of sp³-hybridized carbons (Fsp3) is 0.667. The molecule has 0 bridgehead atoms. The summed E-state index contributed by atoms with van der Waals surface area (Å²) in [6, 6.07) is 0. The zero-order chi connectivity index (χ0) is 16.2. The summed E-state index contributed by atoms with van der Waals surface area (Å²) >= 11 is 1.60. The monoisotopic (exact) mass is 324 g/mol. The van der Waals surface area contributed by atoms with E-state index >= 15 is 0 Å². The first-order valence-electron chi connectivity index (χ1n) is 7.64. The number of nitrogens with one attached hydrogen (secondary N) is 1. The standard InChI is InChI=1S/C15H24N4O2S/c1-4-15(3,14-16-5-10-22-14)17-11-13(21)19-8-6-18(7-9-19)12(2)20/h5,10,17H,4,6-9,11H2,1-3H3. The smallest absolute Gasteiger partial charge is 0.236 e. The van der Waals surface area contributed by atoms with Gasteiger partial charge in [0.15, 0.2) is 0 Å². The topological polar surface area (TPSA) is 65.5 Å². The molecule has 0 aliphatic carbocycles. The van der Waals surface area contributed by atoms with Crippen LogP contribution in [-0.2, 0) is 15.1 Å². The highest BCUT2D eigenvalue weighted by molar-refractivity contribution is 7.09. The summed E-state index contributed by atoms with van der Waals surface area (Å²) in [7, 11) is 0. The third-order valence-electron chi connectivity index (χ3n) is 4.32. The van der Waals surface area contributed by atoms with Crippen LogP contribution in [0.5, 0.6) is 0 Å². The number of thiazole rings is 1. The van der Waals surface area contributed by atoms with Gasteiger partial charge in [0, 0.05) is 44.7 Å². The van der Waals surface area contributed by atoms with Gasteiger partial charge in [0.25, 0.3) is 0 Å². The molecule has 1 atom stereocenters. The summed E-state index contributed by atoms with van der Waals surface area (Å²) in [5.74, 6) is 0.159. The van der Waals surface area contributed by atoms with Crippen molar-refractivity contribution in [1.29, 1.82) is 0 Å². The summed E-state index contributed by atoms with van der Waals surface area (Å²) < 4.78 is 0. The van der Waals surface area contributed by atoms with Gasteiger partial charge < -0.3 is 9.80 Å². The number of hydrogen-bond acceptors (Lipinski definition) is 5. The van der Waals surface area contributed by atoms with E-state index in [-0.39, 0.29) is 17.4 Å². The van der Waals surface area contributed by atoms with E-state index in [1.807, 2.05) is 10.3 Å². The van der Waals surface area contributed by atoms with Crippen molar-refractivity contribution < 1.29 is 9.59 Å². The van der Waals surface area contributed by atoms with E-state index in [0.717, 1.165) is 11.4 Å². The number of aromatic nitrogens is 1. The number of nitrogens with zero attached hydrogens (tertiary/aromatic N) is 3. The van der Waals surface area contributed by atoms with Crippen LogP contribution in [0, 0.1) is 0 Å². The minimum absolute atomic E-state index is 0.0764. The molecule has 6 nitrogen and oxygen atoms in total. The SMILES string of the molecule is CCC(C)(NCC(=O)N1CCN(C(C)=O)CC1)c1nccs1. The predicted molar refractivity (Wildman–Crippen MR) is 86.6 cm³/mol. The predicted octanol–water partition coefficient (Wildman–Crippen LogP) is 1.05. The van der Waals surface area contributed by atoms with Gasteiger partial charge in [-0.05, 0) is 13.3 Å². The average molecular weight is 324 g/mol. The molecule has 2 heterocycles. The van der Waals surface area contributed by atoms with Gasteiger partial charge in [-0.2, -0.15) is 0 Å². The lowest BCUT2D eigenvalue weighted by Gasteiger charge is -2.35. The molecule has 22 heavy (non-hydrogen) atoms. The Kier molecular flexibility index (Phi) is 5.52. The van der Waals surface area contributed by atoms with Crippen molar-refractivity contribution in [1.82, 2.24) is 20.1 Å². The second-order valence-electron chi connectivity index (χ2n) is 5.76. The number of carbonyl (C=O) groups excluding carboxylic acids is 2. The number of carbonyl (C=O) groups is 2. The number of piperazine rings is 1. The molecule has 2 amide bonds. The zero-order valence-electron chi connectivity index (χ0n) is 13.5. The molecule has 1 aromatic rings. The maximum atomic E-state index is 12.3. The van der Waals surface area contributed by atoms with Crippen LogP contribution < -0.4 is 5.32 Å². The molecule has 1 aliphatic heterocycles. The van der Waals surface area contributed by atoms with Gasteiger partial charge in [0.2, 0.25) is 11.8 Å². The van der Waals surface area contributed by atoms with Gasteiger partial charge in [-0.25, -0.2) is 4.98 Å². The summed E-state index contributed by atoms with van der Waals surface area (Å²) in [6.45, 7) is 8.50. The van der Waals surface area contributed by atoms with Crippen LogP contribution in [-0.4, -0.2) is 59.3 Å². The van der Waals surface area contributed by atoms with E-state index in [2.05, 4.69) is 24.1 Å². The molecule has 0 spiro atoms. The van der Waals surface area contributed by atoms with Crippen LogP contribution in [0.3, 0.4) is 0 Å². The second-order valence-corrected chi connectivity index (χ2v) is 6.66. The molecule has 1 unspecified atom stereocenters. The average Bonchev–Trinajstić information content (AvgIpc) is 3.07. The Morgan fingerprint density at radius 2 is 1.95 bits per heavy atom. The van der Waals surface area contributed by atoms with Gasteiger partial charge in [0.1, 0.15) is 5.01 Å².